The highest BCUT2D eigenvalue weighted by Gasteiger charge is 2.19. The van der Waals surface area contributed by atoms with Crippen LogP contribution in [0.1, 0.15) is 17.0 Å². The highest BCUT2D eigenvalue weighted by Crippen LogP contribution is 2.18. The van der Waals surface area contributed by atoms with Gasteiger partial charge in [-0.05, 0) is 25.8 Å². The lowest BCUT2D eigenvalue weighted by Crippen LogP contribution is -2.51. The minimum Gasteiger partial charge on any atom is -0.370 e. The van der Waals surface area contributed by atoms with Crippen molar-refractivity contribution in [3.05, 3.63) is 28.5 Å². The van der Waals surface area contributed by atoms with Crippen LogP contribution >= 0.6 is 11.3 Å². The van der Waals surface area contributed by atoms with Gasteiger partial charge in [0.15, 0.2) is 11.1 Å². The lowest BCUT2D eigenvalue weighted by molar-refractivity contribution is 0.380. The van der Waals surface area contributed by atoms with Gasteiger partial charge >= 0.3 is 0 Å². The molecule has 1 aliphatic heterocycles. The first-order valence-electron chi connectivity index (χ1n) is 8.24. The number of aromatic nitrogens is 3. The normalized spacial score (nSPS) is 16.0. The molecule has 0 saturated carbocycles. The summed E-state index contributed by atoms with van der Waals surface area (Å²) in [5.41, 5.74) is 9.75. The van der Waals surface area contributed by atoms with Crippen LogP contribution < -0.4 is 10.6 Å². The van der Waals surface area contributed by atoms with Crippen LogP contribution in [0.5, 0.6) is 0 Å². The molecule has 1 aliphatic rings. The largest absolute Gasteiger partial charge is 0.370 e. The maximum absolute atomic E-state index is 6.18. The highest BCUT2D eigenvalue weighted by atomic mass is 32.1. The Morgan fingerprint density at radius 1 is 1.29 bits per heavy atom. The number of anilines is 1. The summed E-state index contributed by atoms with van der Waals surface area (Å²) in [6.07, 6.45) is 2.73. The average molecular weight is 347 g/mol. The fraction of sp³-hybridized carbons (Fsp3) is 0.562. The van der Waals surface area contributed by atoms with Crippen LogP contribution in [0.4, 0.5) is 5.13 Å². The molecule has 1 fully saturated rings. The first-order valence-corrected chi connectivity index (χ1v) is 9.12. The van der Waals surface area contributed by atoms with Gasteiger partial charge in [0.2, 0.25) is 0 Å². The van der Waals surface area contributed by atoms with Gasteiger partial charge in [0.05, 0.1) is 5.69 Å². The van der Waals surface area contributed by atoms with Crippen LogP contribution in [0.2, 0.25) is 0 Å². The summed E-state index contributed by atoms with van der Waals surface area (Å²) in [6.45, 7) is 8.49. The van der Waals surface area contributed by atoms with Crippen molar-refractivity contribution in [1.82, 2.24) is 19.7 Å². The Labute approximate surface area is 146 Å². The number of hydrogen-bond acceptors (Lipinski definition) is 5. The Balaban J connectivity index is 1.51. The molecule has 1 saturated heterocycles. The quantitative estimate of drug-likeness (QED) is 0.664. The van der Waals surface area contributed by atoms with Gasteiger partial charge in [-0.2, -0.15) is 5.10 Å². The van der Waals surface area contributed by atoms with Crippen LogP contribution in [0.25, 0.3) is 0 Å². The minimum atomic E-state index is 0.646. The topological polar surface area (TPSA) is 75.6 Å². The van der Waals surface area contributed by atoms with Gasteiger partial charge in [0.1, 0.15) is 0 Å². The number of thiazole rings is 1. The first-order chi connectivity index (χ1) is 11.6. The molecule has 0 bridgehead atoms. The maximum atomic E-state index is 6.18. The van der Waals surface area contributed by atoms with Gasteiger partial charge in [0, 0.05) is 57.0 Å². The molecule has 0 spiro atoms. The lowest BCUT2D eigenvalue weighted by atomic mass is 10.1. The molecule has 24 heavy (non-hydrogen) atoms. The maximum Gasteiger partial charge on any atom is 0.191 e. The number of nitrogens with two attached hydrogens (primary N) is 1. The number of hydrogen-bond donors (Lipinski definition) is 1. The van der Waals surface area contributed by atoms with E-state index in [0.29, 0.717) is 12.5 Å². The molecule has 2 aromatic rings. The van der Waals surface area contributed by atoms with Gasteiger partial charge < -0.3 is 15.5 Å². The number of piperazine rings is 1. The molecule has 0 aliphatic carbocycles. The van der Waals surface area contributed by atoms with Crippen LogP contribution in [0.15, 0.2) is 16.6 Å². The molecular weight excluding hydrogens is 322 g/mol. The van der Waals surface area contributed by atoms with E-state index in [0.717, 1.165) is 43.4 Å². The molecule has 0 unspecified atom stereocenters. The first kappa shape index (κ1) is 16.8. The third-order valence-electron chi connectivity index (χ3n) is 4.59. The Bertz CT molecular complexity index is 696. The standard InChI is InChI=1S/C16H25N7S/c1-12-14(13(2)21(3)20-12)4-5-18-15(17)22-7-9-23(10-8-22)16-19-6-11-24-16/h6,11H,4-5,7-10H2,1-3H3,(H2,17,18). The summed E-state index contributed by atoms with van der Waals surface area (Å²) >= 11 is 1.68. The molecule has 130 valence electrons. The van der Waals surface area contributed by atoms with E-state index in [1.54, 1.807) is 11.3 Å². The van der Waals surface area contributed by atoms with E-state index >= 15 is 0 Å². The number of aryl methyl sites for hydroxylation is 2. The van der Waals surface area contributed by atoms with E-state index in [1.807, 2.05) is 30.2 Å². The van der Waals surface area contributed by atoms with Crippen molar-refractivity contribution in [3.8, 4) is 0 Å². The Kier molecular flexibility index (Phi) is 5.03. The van der Waals surface area contributed by atoms with Crippen molar-refractivity contribution in [3.63, 3.8) is 0 Å². The summed E-state index contributed by atoms with van der Waals surface area (Å²) < 4.78 is 1.93. The predicted molar refractivity (Wildman–Crippen MR) is 98.8 cm³/mol. The number of nitrogens with zero attached hydrogens (tertiary/aromatic N) is 6. The van der Waals surface area contributed by atoms with E-state index in [4.69, 9.17) is 5.73 Å². The molecule has 8 heteroatoms. The average Bonchev–Trinajstić information content (AvgIpc) is 3.19. The van der Waals surface area contributed by atoms with E-state index in [9.17, 15) is 0 Å². The van der Waals surface area contributed by atoms with E-state index in [1.165, 1.54) is 11.3 Å². The van der Waals surface area contributed by atoms with Crippen LogP contribution in [-0.4, -0.2) is 58.3 Å². The zero-order valence-corrected chi connectivity index (χ0v) is 15.4. The molecule has 3 heterocycles. The molecule has 7 nitrogen and oxygen atoms in total. The van der Waals surface area contributed by atoms with Crippen molar-refractivity contribution in [2.45, 2.75) is 20.3 Å². The third kappa shape index (κ3) is 3.53. The molecule has 3 rings (SSSR count). The van der Waals surface area contributed by atoms with Crippen molar-refractivity contribution < 1.29 is 0 Å². The molecule has 0 amide bonds. The van der Waals surface area contributed by atoms with E-state index in [-0.39, 0.29) is 0 Å². The van der Waals surface area contributed by atoms with Crippen LogP contribution in [-0.2, 0) is 13.5 Å². The highest BCUT2D eigenvalue weighted by molar-refractivity contribution is 7.13. The van der Waals surface area contributed by atoms with E-state index < -0.39 is 0 Å². The molecule has 0 aromatic carbocycles. The Morgan fingerprint density at radius 3 is 2.62 bits per heavy atom. The summed E-state index contributed by atoms with van der Waals surface area (Å²) in [4.78, 5) is 13.4. The monoisotopic (exact) mass is 347 g/mol. The zero-order valence-electron chi connectivity index (χ0n) is 14.6. The number of rotatable bonds is 4. The second-order valence-electron chi connectivity index (χ2n) is 6.05. The molecule has 2 N–H and O–H groups in total. The van der Waals surface area contributed by atoms with Crippen LogP contribution in [0, 0.1) is 13.8 Å². The summed E-state index contributed by atoms with van der Waals surface area (Å²) in [5, 5.41) is 7.55. The van der Waals surface area contributed by atoms with Gasteiger partial charge in [-0.3, -0.25) is 9.67 Å². The van der Waals surface area contributed by atoms with Crippen molar-refractivity contribution in [2.75, 3.05) is 37.6 Å². The lowest BCUT2D eigenvalue weighted by Gasteiger charge is -2.35. The number of guanidine groups is 1. The smallest absolute Gasteiger partial charge is 0.191 e. The van der Waals surface area contributed by atoms with Gasteiger partial charge in [-0.25, -0.2) is 4.98 Å². The summed E-state index contributed by atoms with van der Waals surface area (Å²) in [6, 6.07) is 0. The molecule has 0 atom stereocenters. The summed E-state index contributed by atoms with van der Waals surface area (Å²) in [5.74, 6) is 0.646. The Morgan fingerprint density at radius 2 is 2.04 bits per heavy atom. The van der Waals surface area contributed by atoms with Crippen molar-refractivity contribution in [2.24, 2.45) is 17.8 Å². The second kappa shape index (κ2) is 7.21. The second-order valence-corrected chi connectivity index (χ2v) is 6.92. The van der Waals surface area contributed by atoms with Crippen molar-refractivity contribution >= 4 is 22.4 Å². The van der Waals surface area contributed by atoms with E-state index in [2.05, 4.69) is 31.8 Å². The summed E-state index contributed by atoms with van der Waals surface area (Å²) in [7, 11) is 1.98. The fourth-order valence-corrected chi connectivity index (χ4v) is 3.76. The SMILES string of the molecule is Cc1nn(C)c(C)c1CCN=C(N)N1CCN(c2nccs2)CC1. The van der Waals surface area contributed by atoms with Gasteiger partial charge in [-0.15, -0.1) is 11.3 Å². The minimum absolute atomic E-state index is 0.646. The molecular formula is C16H25N7S. The van der Waals surface area contributed by atoms with Gasteiger partial charge in [0.25, 0.3) is 0 Å². The fourth-order valence-electron chi connectivity index (χ4n) is 3.06. The molecule has 2 aromatic heterocycles. The van der Waals surface area contributed by atoms with Crippen molar-refractivity contribution in [1.29, 1.82) is 0 Å². The third-order valence-corrected chi connectivity index (χ3v) is 5.42. The molecule has 0 radical (unpaired) electrons. The Hall–Kier alpha value is -2.09. The van der Waals surface area contributed by atoms with Crippen LogP contribution in [0.3, 0.4) is 0 Å². The van der Waals surface area contributed by atoms with Gasteiger partial charge in [-0.1, -0.05) is 0 Å². The zero-order chi connectivity index (χ0) is 17.1. The predicted octanol–water partition coefficient (Wildman–Crippen LogP) is 1.17. The number of aliphatic imine (C=N–C) groups is 1.